The molecule has 7 rings (SSSR count). The van der Waals surface area contributed by atoms with Crippen molar-refractivity contribution in [3.05, 3.63) is 133 Å². The van der Waals surface area contributed by atoms with E-state index in [1.54, 1.807) is 12.1 Å². The number of rotatable bonds is 7. The standard InChI is InChI=1S/C33H22FN5O2/c34-25-16-11-23(12-17-25)32-37-38-33(41-32)24-15-20-29-36-30(31(39(29)21-24)35-26-7-3-1-4-8-26)22-13-18-28(19-14-22)40-27-9-5-2-6-10-27/h1-21,35H. The van der Waals surface area contributed by atoms with Crippen molar-refractivity contribution in [2.24, 2.45) is 0 Å². The molecule has 0 amide bonds. The highest BCUT2D eigenvalue weighted by atomic mass is 19.1. The Bertz CT molecular complexity index is 1930. The van der Waals surface area contributed by atoms with E-state index in [0.29, 0.717) is 22.9 Å². The normalized spacial score (nSPS) is 11.0. The number of halogens is 1. The van der Waals surface area contributed by atoms with E-state index in [2.05, 4.69) is 15.5 Å². The van der Waals surface area contributed by atoms with Crippen molar-refractivity contribution >= 4 is 17.2 Å². The summed E-state index contributed by atoms with van der Waals surface area (Å²) in [6.07, 6.45) is 1.91. The molecular weight excluding hydrogens is 517 g/mol. The molecule has 0 aliphatic heterocycles. The summed E-state index contributed by atoms with van der Waals surface area (Å²) < 4.78 is 27.2. The molecule has 0 spiro atoms. The molecule has 0 atom stereocenters. The first-order chi connectivity index (χ1) is 20.2. The van der Waals surface area contributed by atoms with Gasteiger partial charge in [0, 0.05) is 23.0 Å². The number of fused-ring (bicyclic) bond motifs is 1. The van der Waals surface area contributed by atoms with Gasteiger partial charge in [0.1, 0.15) is 34.5 Å². The van der Waals surface area contributed by atoms with Gasteiger partial charge in [0.2, 0.25) is 11.8 Å². The fourth-order valence-electron chi connectivity index (χ4n) is 4.50. The minimum absolute atomic E-state index is 0.312. The number of para-hydroxylation sites is 2. The second kappa shape index (κ2) is 10.4. The van der Waals surface area contributed by atoms with Gasteiger partial charge in [-0.05, 0) is 84.9 Å². The van der Waals surface area contributed by atoms with Crippen LogP contribution in [-0.2, 0) is 0 Å². The molecule has 3 aromatic heterocycles. The van der Waals surface area contributed by atoms with Gasteiger partial charge in [0.25, 0.3) is 0 Å². The minimum atomic E-state index is -0.327. The van der Waals surface area contributed by atoms with Crippen molar-refractivity contribution in [2.75, 3.05) is 5.32 Å². The molecule has 41 heavy (non-hydrogen) atoms. The highest BCUT2D eigenvalue weighted by Crippen LogP contribution is 2.34. The van der Waals surface area contributed by atoms with Crippen molar-refractivity contribution in [1.82, 2.24) is 19.6 Å². The molecule has 0 unspecified atom stereocenters. The average Bonchev–Trinajstić information content (AvgIpc) is 3.65. The summed E-state index contributed by atoms with van der Waals surface area (Å²) in [4.78, 5) is 4.95. The predicted octanol–water partition coefficient (Wildman–Crippen LogP) is 8.39. The van der Waals surface area contributed by atoms with E-state index in [4.69, 9.17) is 14.1 Å². The van der Waals surface area contributed by atoms with E-state index < -0.39 is 0 Å². The number of hydrogen-bond acceptors (Lipinski definition) is 6. The van der Waals surface area contributed by atoms with E-state index in [-0.39, 0.29) is 5.82 Å². The number of hydrogen-bond donors (Lipinski definition) is 1. The fraction of sp³-hybridized carbons (Fsp3) is 0. The summed E-state index contributed by atoms with van der Waals surface area (Å²) >= 11 is 0. The first-order valence-electron chi connectivity index (χ1n) is 13.0. The van der Waals surface area contributed by atoms with Crippen LogP contribution in [0.5, 0.6) is 11.5 Å². The molecule has 7 nitrogen and oxygen atoms in total. The quantitative estimate of drug-likeness (QED) is 0.219. The van der Waals surface area contributed by atoms with Crippen molar-refractivity contribution in [1.29, 1.82) is 0 Å². The Morgan fingerprint density at radius 1 is 0.634 bits per heavy atom. The minimum Gasteiger partial charge on any atom is -0.457 e. The number of nitrogens with zero attached hydrogens (tertiary/aromatic N) is 4. The van der Waals surface area contributed by atoms with E-state index in [1.165, 1.54) is 12.1 Å². The lowest BCUT2D eigenvalue weighted by molar-refractivity contribution is 0.483. The zero-order chi connectivity index (χ0) is 27.6. The summed E-state index contributed by atoms with van der Waals surface area (Å²) in [6.45, 7) is 0. The highest BCUT2D eigenvalue weighted by Gasteiger charge is 2.18. The van der Waals surface area contributed by atoms with Crippen LogP contribution in [-0.4, -0.2) is 19.6 Å². The molecule has 7 aromatic rings. The van der Waals surface area contributed by atoms with Crippen LogP contribution in [0, 0.1) is 5.82 Å². The lowest BCUT2D eigenvalue weighted by atomic mass is 10.1. The van der Waals surface area contributed by atoms with Gasteiger partial charge in [0.15, 0.2) is 0 Å². The van der Waals surface area contributed by atoms with Crippen LogP contribution in [0.2, 0.25) is 0 Å². The number of imidazole rings is 1. The lowest BCUT2D eigenvalue weighted by Crippen LogP contribution is -1.97. The second-order valence-corrected chi connectivity index (χ2v) is 9.30. The van der Waals surface area contributed by atoms with Crippen LogP contribution in [0.1, 0.15) is 0 Å². The van der Waals surface area contributed by atoms with Crippen LogP contribution in [0.3, 0.4) is 0 Å². The van der Waals surface area contributed by atoms with E-state index in [0.717, 1.165) is 39.9 Å². The van der Waals surface area contributed by atoms with Gasteiger partial charge in [-0.15, -0.1) is 10.2 Å². The first kappa shape index (κ1) is 24.3. The van der Waals surface area contributed by atoms with Crippen molar-refractivity contribution in [2.45, 2.75) is 0 Å². The Labute approximate surface area is 234 Å². The monoisotopic (exact) mass is 539 g/mol. The molecule has 0 aliphatic rings. The zero-order valence-electron chi connectivity index (χ0n) is 21.6. The Morgan fingerprint density at radius 2 is 1.24 bits per heavy atom. The molecule has 0 aliphatic carbocycles. The molecule has 4 aromatic carbocycles. The zero-order valence-corrected chi connectivity index (χ0v) is 21.6. The van der Waals surface area contributed by atoms with Crippen molar-refractivity contribution < 1.29 is 13.5 Å². The number of anilines is 2. The van der Waals surface area contributed by atoms with Crippen LogP contribution < -0.4 is 10.1 Å². The molecule has 0 bridgehead atoms. The molecule has 198 valence electrons. The Morgan fingerprint density at radius 3 is 1.98 bits per heavy atom. The van der Waals surface area contributed by atoms with Gasteiger partial charge in [-0.1, -0.05) is 36.4 Å². The van der Waals surface area contributed by atoms with Gasteiger partial charge < -0.3 is 14.5 Å². The molecule has 0 fully saturated rings. The summed E-state index contributed by atoms with van der Waals surface area (Å²) in [5.74, 6) is 2.61. The van der Waals surface area contributed by atoms with Crippen LogP contribution in [0.25, 0.3) is 39.8 Å². The van der Waals surface area contributed by atoms with E-state index in [1.807, 2.05) is 108 Å². The maximum atomic E-state index is 13.4. The van der Waals surface area contributed by atoms with Gasteiger partial charge >= 0.3 is 0 Å². The third-order valence-electron chi connectivity index (χ3n) is 6.52. The third kappa shape index (κ3) is 5.02. The smallest absolute Gasteiger partial charge is 0.249 e. The fourth-order valence-corrected chi connectivity index (χ4v) is 4.50. The lowest BCUT2D eigenvalue weighted by Gasteiger charge is -2.10. The number of ether oxygens (including phenoxy) is 1. The van der Waals surface area contributed by atoms with E-state index >= 15 is 0 Å². The van der Waals surface area contributed by atoms with Crippen molar-refractivity contribution in [3.8, 4) is 45.7 Å². The van der Waals surface area contributed by atoms with Crippen LogP contribution in [0.4, 0.5) is 15.9 Å². The molecule has 0 saturated heterocycles. The Balaban J connectivity index is 1.27. The van der Waals surface area contributed by atoms with Gasteiger partial charge in [-0.2, -0.15) is 0 Å². The number of aromatic nitrogens is 4. The number of benzene rings is 4. The largest absolute Gasteiger partial charge is 0.457 e. The van der Waals surface area contributed by atoms with Crippen LogP contribution >= 0.6 is 0 Å². The average molecular weight is 540 g/mol. The predicted molar refractivity (Wildman–Crippen MR) is 156 cm³/mol. The SMILES string of the molecule is Fc1ccc(-c2nnc(-c3ccc4nc(-c5ccc(Oc6ccccc6)cc5)c(Nc5ccccc5)n4c3)o2)cc1. The molecule has 3 heterocycles. The molecule has 0 radical (unpaired) electrons. The molecular formula is C33H22FN5O2. The number of pyridine rings is 1. The summed E-state index contributed by atoms with van der Waals surface area (Å²) in [7, 11) is 0. The van der Waals surface area contributed by atoms with E-state index in [9.17, 15) is 4.39 Å². The Kier molecular flexibility index (Phi) is 6.18. The first-order valence-corrected chi connectivity index (χ1v) is 13.0. The summed E-state index contributed by atoms with van der Waals surface area (Å²) in [6, 6.07) is 37.1. The molecule has 8 heteroatoms. The van der Waals surface area contributed by atoms with Crippen molar-refractivity contribution in [3.63, 3.8) is 0 Å². The third-order valence-corrected chi connectivity index (χ3v) is 6.52. The Hall–Kier alpha value is -5.76. The molecule has 1 N–H and O–H groups in total. The van der Waals surface area contributed by atoms with Gasteiger partial charge in [0.05, 0.1) is 5.56 Å². The van der Waals surface area contributed by atoms with Gasteiger partial charge in [-0.3, -0.25) is 4.40 Å². The summed E-state index contributed by atoms with van der Waals surface area (Å²) in [5.41, 5.74) is 4.71. The molecule has 0 saturated carbocycles. The maximum Gasteiger partial charge on any atom is 0.249 e. The summed E-state index contributed by atoms with van der Waals surface area (Å²) in [5, 5.41) is 11.9. The maximum absolute atomic E-state index is 13.4. The topological polar surface area (TPSA) is 77.5 Å². The number of nitrogens with one attached hydrogen (secondary N) is 1. The van der Waals surface area contributed by atoms with Gasteiger partial charge in [-0.25, -0.2) is 9.37 Å². The highest BCUT2D eigenvalue weighted by molar-refractivity contribution is 5.80. The van der Waals surface area contributed by atoms with Crippen LogP contribution in [0.15, 0.2) is 132 Å². The second-order valence-electron chi connectivity index (χ2n) is 9.30.